The zero-order chi connectivity index (χ0) is 8.43. The molecular weight excluding hydrogens is 317 g/mol. The van der Waals surface area contributed by atoms with Crippen LogP contribution < -0.4 is 0 Å². The van der Waals surface area contributed by atoms with Crippen molar-refractivity contribution in [3.63, 3.8) is 0 Å². The summed E-state index contributed by atoms with van der Waals surface area (Å²) in [5, 5.41) is 8.69. The lowest BCUT2D eigenvalue weighted by molar-refractivity contribution is 1.36. The second-order valence-electron chi connectivity index (χ2n) is 2.20. The molecule has 0 aliphatic carbocycles. The third-order valence-electron chi connectivity index (χ3n) is 1.34. The van der Waals surface area contributed by atoms with Crippen molar-refractivity contribution in [3.05, 3.63) is 31.3 Å². The normalized spacial score (nSPS) is 9.27. The molecular formula is C8H5BrIN. The van der Waals surface area contributed by atoms with E-state index in [0.717, 1.165) is 19.2 Å². The summed E-state index contributed by atoms with van der Waals surface area (Å²) in [6, 6.07) is 5.97. The Morgan fingerprint density at radius 1 is 1.55 bits per heavy atom. The van der Waals surface area contributed by atoms with Gasteiger partial charge in [0.25, 0.3) is 0 Å². The van der Waals surface area contributed by atoms with Crippen molar-refractivity contribution < 1.29 is 0 Å². The van der Waals surface area contributed by atoms with E-state index in [2.05, 4.69) is 44.6 Å². The number of aryl methyl sites for hydroxylation is 1. The Kier molecular flexibility index (Phi) is 2.90. The molecule has 0 fully saturated rings. The molecule has 0 saturated carbocycles. The van der Waals surface area contributed by atoms with E-state index in [1.807, 2.05) is 19.1 Å². The van der Waals surface area contributed by atoms with Crippen molar-refractivity contribution in [1.29, 1.82) is 5.26 Å². The first-order chi connectivity index (χ1) is 5.15. The molecule has 1 rings (SSSR count). The van der Waals surface area contributed by atoms with Crippen molar-refractivity contribution in [2.45, 2.75) is 6.92 Å². The van der Waals surface area contributed by atoms with Gasteiger partial charge in [-0.25, -0.2) is 0 Å². The Labute approximate surface area is 87.7 Å². The van der Waals surface area contributed by atoms with Crippen molar-refractivity contribution >= 4 is 38.5 Å². The maximum absolute atomic E-state index is 8.69. The van der Waals surface area contributed by atoms with Gasteiger partial charge in [0.05, 0.1) is 5.56 Å². The van der Waals surface area contributed by atoms with Gasteiger partial charge in [0, 0.05) is 8.04 Å². The minimum absolute atomic E-state index is 0.734. The molecule has 0 aliphatic heterocycles. The fourth-order valence-electron chi connectivity index (χ4n) is 0.807. The summed E-state index contributed by atoms with van der Waals surface area (Å²) in [7, 11) is 0. The second-order valence-corrected chi connectivity index (χ2v) is 4.19. The summed E-state index contributed by atoms with van der Waals surface area (Å²) in [5.41, 5.74) is 1.87. The molecule has 11 heavy (non-hydrogen) atoms. The SMILES string of the molecule is Cc1cc(Br)cc(C#N)c1I. The summed E-state index contributed by atoms with van der Waals surface area (Å²) in [6.45, 7) is 1.99. The highest BCUT2D eigenvalue weighted by molar-refractivity contribution is 14.1. The Balaban J connectivity index is 3.39. The fraction of sp³-hybridized carbons (Fsp3) is 0.125. The van der Waals surface area contributed by atoms with Crippen LogP contribution in [0.3, 0.4) is 0 Å². The van der Waals surface area contributed by atoms with Gasteiger partial charge in [-0.1, -0.05) is 15.9 Å². The molecule has 1 aromatic rings. The monoisotopic (exact) mass is 321 g/mol. The van der Waals surface area contributed by atoms with Crippen LogP contribution in [-0.4, -0.2) is 0 Å². The number of nitriles is 1. The molecule has 0 unspecified atom stereocenters. The van der Waals surface area contributed by atoms with Gasteiger partial charge in [0.2, 0.25) is 0 Å². The van der Waals surface area contributed by atoms with Crippen LogP contribution in [0.25, 0.3) is 0 Å². The highest BCUT2D eigenvalue weighted by Crippen LogP contribution is 2.21. The molecule has 56 valence electrons. The summed E-state index contributed by atoms with van der Waals surface area (Å²) in [5.74, 6) is 0. The first-order valence-corrected chi connectivity index (χ1v) is 4.88. The number of hydrogen-bond donors (Lipinski definition) is 0. The van der Waals surface area contributed by atoms with Gasteiger partial charge in [0.15, 0.2) is 0 Å². The lowest BCUT2D eigenvalue weighted by atomic mass is 10.2. The molecule has 0 heterocycles. The van der Waals surface area contributed by atoms with Crippen LogP contribution in [0.1, 0.15) is 11.1 Å². The van der Waals surface area contributed by atoms with Gasteiger partial charge in [-0.05, 0) is 47.2 Å². The number of benzene rings is 1. The number of halogens is 2. The Morgan fingerprint density at radius 2 is 2.18 bits per heavy atom. The number of hydrogen-bond acceptors (Lipinski definition) is 1. The van der Waals surface area contributed by atoms with E-state index in [1.165, 1.54) is 0 Å². The summed E-state index contributed by atoms with van der Waals surface area (Å²) < 4.78 is 2.00. The molecule has 0 N–H and O–H groups in total. The zero-order valence-corrected chi connectivity index (χ0v) is 9.60. The van der Waals surface area contributed by atoms with Crippen LogP contribution in [0.15, 0.2) is 16.6 Å². The lowest BCUT2D eigenvalue weighted by Gasteiger charge is -2.00. The average molecular weight is 322 g/mol. The van der Waals surface area contributed by atoms with E-state index in [4.69, 9.17) is 5.26 Å². The van der Waals surface area contributed by atoms with Crippen LogP contribution in [0, 0.1) is 21.8 Å². The molecule has 0 radical (unpaired) electrons. The first kappa shape index (κ1) is 9.01. The third kappa shape index (κ3) is 1.94. The predicted octanol–water partition coefficient (Wildman–Crippen LogP) is 3.23. The topological polar surface area (TPSA) is 23.8 Å². The van der Waals surface area contributed by atoms with Gasteiger partial charge in [-0.3, -0.25) is 0 Å². The number of nitrogens with zero attached hydrogens (tertiary/aromatic N) is 1. The average Bonchev–Trinajstić information content (AvgIpc) is 1.96. The molecule has 0 saturated heterocycles. The maximum Gasteiger partial charge on any atom is 0.100 e. The van der Waals surface area contributed by atoms with Gasteiger partial charge < -0.3 is 0 Å². The molecule has 0 atom stereocenters. The Hall–Kier alpha value is -0.0800. The van der Waals surface area contributed by atoms with Crippen molar-refractivity contribution in [2.24, 2.45) is 0 Å². The third-order valence-corrected chi connectivity index (χ3v) is 3.23. The minimum Gasteiger partial charge on any atom is -0.192 e. The van der Waals surface area contributed by atoms with E-state index in [9.17, 15) is 0 Å². The standard InChI is InChI=1S/C8H5BrIN/c1-5-2-7(9)3-6(4-11)8(5)10/h2-3H,1H3. The molecule has 0 bridgehead atoms. The Bertz CT molecular complexity index is 328. The van der Waals surface area contributed by atoms with E-state index < -0.39 is 0 Å². The van der Waals surface area contributed by atoms with Crippen LogP contribution in [0.4, 0.5) is 0 Å². The van der Waals surface area contributed by atoms with E-state index >= 15 is 0 Å². The van der Waals surface area contributed by atoms with Crippen LogP contribution in [-0.2, 0) is 0 Å². The largest absolute Gasteiger partial charge is 0.192 e. The molecule has 0 aromatic heterocycles. The fourth-order valence-corrected chi connectivity index (χ4v) is 1.81. The zero-order valence-electron chi connectivity index (χ0n) is 5.86. The van der Waals surface area contributed by atoms with Crippen LogP contribution >= 0.6 is 38.5 Å². The van der Waals surface area contributed by atoms with Crippen molar-refractivity contribution in [2.75, 3.05) is 0 Å². The minimum atomic E-state index is 0.734. The van der Waals surface area contributed by atoms with Gasteiger partial charge in [0.1, 0.15) is 6.07 Å². The van der Waals surface area contributed by atoms with Crippen molar-refractivity contribution in [3.8, 4) is 6.07 Å². The van der Waals surface area contributed by atoms with Crippen LogP contribution in [0.2, 0.25) is 0 Å². The van der Waals surface area contributed by atoms with E-state index in [1.54, 1.807) is 0 Å². The Morgan fingerprint density at radius 3 is 2.73 bits per heavy atom. The molecule has 0 spiro atoms. The summed E-state index contributed by atoms with van der Waals surface area (Å²) in [6.07, 6.45) is 0. The lowest BCUT2D eigenvalue weighted by Crippen LogP contribution is -1.86. The first-order valence-electron chi connectivity index (χ1n) is 3.01. The van der Waals surface area contributed by atoms with Gasteiger partial charge >= 0.3 is 0 Å². The molecule has 1 nitrogen and oxygen atoms in total. The summed E-state index contributed by atoms with van der Waals surface area (Å²) in [4.78, 5) is 0. The summed E-state index contributed by atoms with van der Waals surface area (Å²) >= 11 is 5.51. The quantitative estimate of drug-likeness (QED) is 0.673. The van der Waals surface area contributed by atoms with Crippen molar-refractivity contribution in [1.82, 2.24) is 0 Å². The van der Waals surface area contributed by atoms with Crippen LogP contribution in [0.5, 0.6) is 0 Å². The molecule has 0 amide bonds. The maximum atomic E-state index is 8.69. The van der Waals surface area contributed by atoms with E-state index in [-0.39, 0.29) is 0 Å². The van der Waals surface area contributed by atoms with E-state index in [0.29, 0.717) is 0 Å². The smallest absolute Gasteiger partial charge is 0.100 e. The van der Waals surface area contributed by atoms with Gasteiger partial charge in [-0.2, -0.15) is 5.26 Å². The molecule has 0 aliphatic rings. The second kappa shape index (κ2) is 3.55. The molecule has 3 heteroatoms. The molecule has 1 aromatic carbocycles. The highest BCUT2D eigenvalue weighted by atomic mass is 127. The van der Waals surface area contributed by atoms with Gasteiger partial charge in [-0.15, -0.1) is 0 Å². The predicted molar refractivity (Wildman–Crippen MR) is 56.3 cm³/mol. The highest BCUT2D eigenvalue weighted by Gasteiger charge is 2.02. The number of rotatable bonds is 0.